The Labute approximate surface area is 177 Å². The van der Waals surface area contributed by atoms with Gasteiger partial charge in [0.05, 0.1) is 28.6 Å². The van der Waals surface area contributed by atoms with E-state index in [4.69, 9.17) is 0 Å². The Morgan fingerprint density at radius 1 is 1.23 bits per heavy atom. The maximum Gasteiger partial charge on any atom is 0.291 e. The molecule has 3 aromatic rings. The summed E-state index contributed by atoms with van der Waals surface area (Å²) in [6.45, 7) is 1.22. The number of amides is 2. The Bertz CT molecular complexity index is 1130. The molecule has 1 fully saturated rings. The number of benzene rings is 1. The lowest BCUT2D eigenvalue weighted by atomic mass is 10.1. The van der Waals surface area contributed by atoms with Crippen molar-refractivity contribution in [3.8, 4) is 0 Å². The van der Waals surface area contributed by atoms with Gasteiger partial charge in [-0.25, -0.2) is 5.01 Å². The maximum atomic E-state index is 13.3. The zero-order chi connectivity index (χ0) is 20.7. The molecular formula is C22H22N4O3S. The predicted octanol–water partition coefficient (Wildman–Crippen LogP) is 2.55. The molecule has 0 radical (unpaired) electrons. The van der Waals surface area contributed by atoms with Crippen molar-refractivity contribution in [3.63, 3.8) is 0 Å². The van der Waals surface area contributed by atoms with Crippen LogP contribution in [0.15, 0.2) is 52.9 Å². The number of aromatic nitrogens is 1. The van der Waals surface area contributed by atoms with Crippen LogP contribution >= 0.6 is 11.3 Å². The highest BCUT2D eigenvalue weighted by molar-refractivity contribution is 7.17. The summed E-state index contributed by atoms with van der Waals surface area (Å²) in [7, 11) is 0. The first-order chi connectivity index (χ1) is 14.6. The van der Waals surface area contributed by atoms with Crippen molar-refractivity contribution in [2.24, 2.45) is 5.10 Å². The fourth-order valence-electron chi connectivity index (χ4n) is 4.13. The highest BCUT2D eigenvalue weighted by Gasteiger charge is 2.30. The Balaban J connectivity index is 1.52. The molecule has 7 nitrogen and oxygen atoms in total. The van der Waals surface area contributed by atoms with Gasteiger partial charge in [-0.2, -0.15) is 5.10 Å². The number of hydrazone groups is 1. The molecule has 2 aliphatic rings. The van der Waals surface area contributed by atoms with Gasteiger partial charge in [0.1, 0.15) is 12.2 Å². The van der Waals surface area contributed by atoms with Gasteiger partial charge in [-0.05, 0) is 35.9 Å². The average molecular weight is 423 g/mol. The van der Waals surface area contributed by atoms with Crippen LogP contribution < -0.4 is 0 Å². The van der Waals surface area contributed by atoms with Crippen molar-refractivity contribution in [2.75, 3.05) is 19.6 Å². The summed E-state index contributed by atoms with van der Waals surface area (Å²) in [6, 6.07) is 13.6. The molecule has 30 heavy (non-hydrogen) atoms. The third kappa shape index (κ3) is 3.42. The standard InChI is InChI=1S/C22H22N4O3S/c27-16-7-4-9-24(12-16)21(28)14-26-22(29)19-11-20-18(8-10-30-20)25(19)13-17(23-26)15-5-2-1-3-6-15/h1-3,5-6,8,10-11,16,27H,4,7,9,12-14H2/t16-/m1/s1. The lowest BCUT2D eigenvalue weighted by Crippen LogP contribution is -2.46. The summed E-state index contributed by atoms with van der Waals surface area (Å²) >= 11 is 1.59. The van der Waals surface area contributed by atoms with Crippen molar-refractivity contribution < 1.29 is 14.7 Å². The molecule has 4 heterocycles. The van der Waals surface area contributed by atoms with Gasteiger partial charge in [0.2, 0.25) is 5.91 Å². The first-order valence-electron chi connectivity index (χ1n) is 10.1. The number of nitrogens with zero attached hydrogens (tertiary/aromatic N) is 4. The minimum atomic E-state index is -0.505. The second-order valence-corrected chi connectivity index (χ2v) is 8.64. The third-order valence-electron chi connectivity index (χ3n) is 5.67. The molecule has 1 N–H and O–H groups in total. The number of carbonyl (C=O) groups excluding carboxylic acids is 2. The summed E-state index contributed by atoms with van der Waals surface area (Å²) < 4.78 is 3.02. The molecule has 2 amide bonds. The normalized spacial score (nSPS) is 19.6. The first kappa shape index (κ1) is 19.0. The van der Waals surface area contributed by atoms with Crippen LogP contribution in [-0.4, -0.2) is 62.8 Å². The molecule has 0 bridgehead atoms. The van der Waals surface area contributed by atoms with Gasteiger partial charge in [0.15, 0.2) is 0 Å². The third-order valence-corrected chi connectivity index (χ3v) is 6.52. The highest BCUT2D eigenvalue weighted by Crippen LogP contribution is 2.28. The van der Waals surface area contributed by atoms with E-state index in [1.165, 1.54) is 5.01 Å². The van der Waals surface area contributed by atoms with Crippen molar-refractivity contribution in [3.05, 3.63) is 59.1 Å². The number of thiophene rings is 1. The Hall–Kier alpha value is -2.97. The number of aliphatic hydroxyl groups is 1. The predicted molar refractivity (Wildman–Crippen MR) is 116 cm³/mol. The van der Waals surface area contributed by atoms with E-state index in [9.17, 15) is 14.7 Å². The maximum absolute atomic E-state index is 13.3. The lowest BCUT2D eigenvalue weighted by Gasteiger charge is -2.31. The Kier molecular flexibility index (Phi) is 4.88. The van der Waals surface area contributed by atoms with E-state index in [0.717, 1.165) is 27.9 Å². The Morgan fingerprint density at radius 3 is 2.87 bits per heavy atom. The molecular weight excluding hydrogens is 400 g/mol. The summed E-state index contributed by atoms with van der Waals surface area (Å²) in [5.74, 6) is -0.477. The minimum Gasteiger partial charge on any atom is -0.391 e. The molecule has 1 atom stereocenters. The number of carbonyl (C=O) groups is 2. The monoisotopic (exact) mass is 422 g/mol. The van der Waals surface area contributed by atoms with Crippen molar-refractivity contribution in [2.45, 2.75) is 25.5 Å². The van der Waals surface area contributed by atoms with Crippen LogP contribution in [0.25, 0.3) is 10.2 Å². The number of fused-ring (bicyclic) bond motifs is 3. The van der Waals surface area contributed by atoms with Gasteiger partial charge in [0, 0.05) is 13.1 Å². The second kappa shape index (κ2) is 7.70. The second-order valence-electron chi connectivity index (χ2n) is 7.70. The van der Waals surface area contributed by atoms with Crippen LogP contribution in [0.3, 0.4) is 0 Å². The van der Waals surface area contributed by atoms with E-state index in [-0.39, 0.29) is 18.4 Å². The van der Waals surface area contributed by atoms with E-state index >= 15 is 0 Å². The fraction of sp³-hybridized carbons (Fsp3) is 0.318. The Morgan fingerprint density at radius 2 is 2.07 bits per heavy atom. The van der Waals surface area contributed by atoms with Gasteiger partial charge in [-0.15, -0.1) is 11.3 Å². The van der Waals surface area contributed by atoms with Gasteiger partial charge < -0.3 is 14.6 Å². The number of hydrogen-bond acceptors (Lipinski definition) is 5. The van der Waals surface area contributed by atoms with E-state index in [1.54, 1.807) is 16.2 Å². The van der Waals surface area contributed by atoms with Crippen molar-refractivity contribution in [1.82, 2.24) is 14.5 Å². The molecule has 1 saturated heterocycles. The van der Waals surface area contributed by atoms with Crippen LogP contribution in [0.2, 0.25) is 0 Å². The average Bonchev–Trinajstić information content (AvgIpc) is 3.31. The molecule has 2 aromatic heterocycles. The van der Waals surface area contributed by atoms with Gasteiger partial charge in [-0.3, -0.25) is 9.59 Å². The topological polar surface area (TPSA) is 78.1 Å². The van der Waals surface area contributed by atoms with Gasteiger partial charge in [-0.1, -0.05) is 30.3 Å². The number of rotatable bonds is 3. The largest absolute Gasteiger partial charge is 0.391 e. The van der Waals surface area contributed by atoms with Crippen LogP contribution in [0.4, 0.5) is 0 Å². The number of likely N-dealkylation sites (tertiary alicyclic amines) is 1. The number of β-amino-alcohol motifs (C(OH)–C–C–N with tert-alkyl or cyclic N) is 1. The number of piperidine rings is 1. The zero-order valence-corrected chi connectivity index (χ0v) is 17.2. The van der Waals surface area contributed by atoms with E-state index in [1.807, 2.05) is 52.4 Å². The molecule has 2 aliphatic heterocycles. The van der Waals surface area contributed by atoms with E-state index < -0.39 is 6.10 Å². The summed E-state index contributed by atoms with van der Waals surface area (Å²) in [4.78, 5) is 27.9. The summed E-state index contributed by atoms with van der Waals surface area (Å²) in [5.41, 5.74) is 3.19. The fourth-order valence-corrected chi connectivity index (χ4v) is 4.95. The molecule has 0 unspecified atom stereocenters. The molecule has 0 aliphatic carbocycles. The smallest absolute Gasteiger partial charge is 0.291 e. The highest BCUT2D eigenvalue weighted by atomic mass is 32.1. The van der Waals surface area contributed by atoms with E-state index in [2.05, 4.69) is 5.10 Å². The van der Waals surface area contributed by atoms with Gasteiger partial charge >= 0.3 is 0 Å². The van der Waals surface area contributed by atoms with Crippen molar-refractivity contribution >= 4 is 39.1 Å². The van der Waals surface area contributed by atoms with Crippen LogP contribution in [0.5, 0.6) is 0 Å². The SMILES string of the molecule is O=C(CN1N=C(c2ccccc2)Cn2c(cc3sccc32)C1=O)N1CCC[C@@H](O)C1. The van der Waals surface area contributed by atoms with Crippen LogP contribution in [0, 0.1) is 0 Å². The first-order valence-corrected chi connectivity index (χ1v) is 11.0. The molecule has 5 rings (SSSR count). The quantitative estimate of drug-likeness (QED) is 0.705. The summed E-state index contributed by atoms with van der Waals surface area (Å²) in [5, 5.41) is 17.8. The zero-order valence-electron chi connectivity index (χ0n) is 16.4. The molecule has 0 spiro atoms. The minimum absolute atomic E-state index is 0.138. The summed E-state index contributed by atoms with van der Waals surface area (Å²) in [6.07, 6.45) is 0.959. The van der Waals surface area contributed by atoms with Crippen LogP contribution in [-0.2, 0) is 11.3 Å². The molecule has 0 saturated carbocycles. The number of hydrogen-bond donors (Lipinski definition) is 1. The van der Waals surface area contributed by atoms with E-state index in [0.29, 0.717) is 31.7 Å². The molecule has 1 aromatic carbocycles. The van der Waals surface area contributed by atoms with Crippen LogP contribution in [0.1, 0.15) is 28.9 Å². The molecule has 8 heteroatoms. The van der Waals surface area contributed by atoms with Crippen molar-refractivity contribution in [1.29, 1.82) is 0 Å². The number of aliphatic hydroxyl groups excluding tert-OH is 1. The lowest BCUT2D eigenvalue weighted by molar-refractivity contribution is -0.134. The van der Waals surface area contributed by atoms with Gasteiger partial charge in [0.25, 0.3) is 5.91 Å². The molecule has 154 valence electrons.